The molecular formula is C4H10Br2O. The highest BCUT2D eigenvalue weighted by Gasteiger charge is 1.94. The molecule has 7 heavy (non-hydrogen) atoms. The molecule has 46 valence electrons. The van der Waals surface area contributed by atoms with Crippen LogP contribution in [0, 0.1) is 0 Å². The molecule has 0 aromatic heterocycles. The lowest BCUT2D eigenvalue weighted by molar-refractivity contribution is 0.198. The molecular weight excluding hydrogens is 224 g/mol. The predicted octanol–water partition coefficient (Wildman–Crippen LogP) is 1.95. The zero-order chi connectivity index (χ0) is 3.54. The van der Waals surface area contributed by atoms with E-state index >= 15 is 0 Å². The zero-order valence-electron chi connectivity index (χ0n) is 4.05. The Morgan fingerprint density at radius 3 is 1.43 bits per heavy atom. The van der Waals surface area contributed by atoms with Crippen molar-refractivity contribution in [2.24, 2.45) is 0 Å². The van der Waals surface area contributed by atoms with Crippen molar-refractivity contribution in [3.05, 3.63) is 0 Å². The van der Waals surface area contributed by atoms with Crippen LogP contribution in [0.25, 0.3) is 0 Å². The summed E-state index contributed by atoms with van der Waals surface area (Å²) >= 11 is 0. The van der Waals surface area contributed by atoms with Crippen LogP contribution in [-0.4, -0.2) is 13.2 Å². The van der Waals surface area contributed by atoms with Gasteiger partial charge in [0.1, 0.15) is 0 Å². The summed E-state index contributed by atoms with van der Waals surface area (Å²) < 4.78 is 4.94. The highest BCUT2D eigenvalue weighted by Crippen LogP contribution is 1.98. The lowest BCUT2D eigenvalue weighted by Crippen LogP contribution is -1.74. The summed E-state index contributed by atoms with van der Waals surface area (Å²) in [6.07, 6.45) is 2.56. The summed E-state index contributed by atoms with van der Waals surface area (Å²) in [4.78, 5) is 0. The van der Waals surface area contributed by atoms with Gasteiger partial charge in [-0.1, -0.05) is 0 Å². The fourth-order valence-corrected chi connectivity index (χ4v) is 0.510. The molecule has 0 amide bonds. The smallest absolute Gasteiger partial charge is 0.0466 e. The van der Waals surface area contributed by atoms with E-state index in [4.69, 9.17) is 4.74 Å². The number of halogens is 2. The summed E-state index contributed by atoms with van der Waals surface area (Å²) in [6, 6.07) is 0. The molecule has 0 saturated carbocycles. The van der Waals surface area contributed by atoms with E-state index in [1.165, 1.54) is 12.8 Å². The molecule has 1 saturated heterocycles. The van der Waals surface area contributed by atoms with Crippen molar-refractivity contribution >= 4 is 34.0 Å². The molecule has 0 aromatic carbocycles. The third-order valence-electron chi connectivity index (χ3n) is 0.827. The van der Waals surface area contributed by atoms with Gasteiger partial charge in [-0.2, -0.15) is 0 Å². The summed E-state index contributed by atoms with van der Waals surface area (Å²) in [5.74, 6) is 0. The Morgan fingerprint density at radius 2 is 1.29 bits per heavy atom. The van der Waals surface area contributed by atoms with Crippen LogP contribution >= 0.6 is 34.0 Å². The van der Waals surface area contributed by atoms with Crippen molar-refractivity contribution in [3.63, 3.8) is 0 Å². The summed E-state index contributed by atoms with van der Waals surface area (Å²) in [6.45, 7) is 2.00. The highest BCUT2D eigenvalue weighted by atomic mass is 79.9. The van der Waals surface area contributed by atoms with E-state index in [2.05, 4.69) is 0 Å². The molecule has 0 unspecified atom stereocenters. The molecule has 0 N–H and O–H groups in total. The Kier molecular flexibility index (Phi) is 10.7. The Labute approximate surface area is 65.0 Å². The van der Waals surface area contributed by atoms with Gasteiger partial charge in [-0.25, -0.2) is 0 Å². The van der Waals surface area contributed by atoms with Gasteiger partial charge in [0.25, 0.3) is 0 Å². The molecule has 0 spiro atoms. The second kappa shape index (κ2) is 6.92. The fraction of sp³-hybridized carbons (Fsp3) is 1.00. The van der Waals surface area contributed by atoms with E-state index in [1.54, 1.807) is 0 Å². The van der Waals surface area contributed by atoms with Crippen molar-refractivity contribution in [1.82, 2.24) is 0 Å². The summed E-state index contributed by atoms with van der Waals surface area (Å²) in [7, 11) is 0. The topological polar surface area (TPSA) is 9.23 Å². The van der Waals surface area contributed by atoms with Crippen LogP contribution < -0.4 is 0 Å². The van der Waals surface area contributed by atoms with Gasteiger partial charge in [0.15, 0.2) is 0 Å². The molecule has 3 heteroatoms. The molecule has 1 nitrogen and oxygen atoms in total. The fourth-order valence-electron chi connectivity index (χ4n) is 0.510. The Balaban J connectivity index is 0. The maximum absolute atomic E-state index is 4.94. The lowest BCUT2D eigenvalue weighted by atomic mass is 10.4. The van der Waals surface area contributed by atoms with E-state index in [1.807, 2.05) is 0 Å². The molecule has 1 rings (SSSR count). The third-order valence-corrected chi connectivity index (χ3v) is 0.827. The third kappa shape index (κ3) is 4.78. The minimum absolute atomic E-state index is 0. The van der Waals surface area contributed by atoms with Gasteiger partial charge in [-0.15, -0.1) is 34.0 Å². The standard InChI is InChI=1S/C4H8O.2BrH/c1-2-4-5-3-1;;/h1-4H2;2*1H. The van der Waals surface area contributed by atoms with Gasteiger partial charge < -0.3 is 4.74 Å². The van der Waals surface area contributed by atoms with Gasteiger partial charge in [-0.05, 0) is 12.8 Å². The van der Waals surface area contributed by atoms with Crippen LogP contribution in [-0.2, 0) is 4.74 Å². The van der Waals surface area contributed by atoms with E-state index in [9.17, 15) is 0 Å². The van der Waals surface area contributed by atoms with Crippen LogP contribution in [0.2, 0.25) is 0 Å². The molecule has 1 aliphatic heterocycles. The number of hydrogen-bond donors (Lipinski definition) is 0. The first-order valence-electron chi connectivity index (χ1n) is 2.08. The monoisotopic (exact) mass is 232 g/mol. The van der Waals surface area contributed by atoms with Gasteiger partial charge in [0.2, 0.25) is 0 Å². The van der Waals surface area contributed by atoms with Gasteiger partial charge >= 0.3 is 0 Å². The summed E-state index contributed by atoms with van der Waals surface area (Å²) in [5.41, 5.74) is 0. The number of ether oxygens (including phenoxy) is 1. The Hall–Kier alpha value is 0.920. The molecule has 0 aliphatic carbocycles. The van der Waals surface area contributed by atoms with Crippen molar-refractivity contribution in [1.29, 1.82) is 0 Å². The molecule has 1 fully saturated rings. The zero-order valence-corrected chi connectivity index (χ0v) is 7.48. The van der Waals surface area contributed by atoms with E-state index in [0.717, 1.165) is 13.2 Å². The second-order valence-corrected chi connectivity index (χ2v) is 1.32. The van der Waals surface area contributed by atoms with Crippen LogP contribution in [0.15, 0.2) is 0 Å². The number of rotatable bonds is 0. The van der Waals surface area contributed by atoms with Crippen molar-refractivity contribution in [2.45, 2.75) is 12.8 Å². The second-order valence-electron chi connectivity index (χ2n) is 1.32. The van der Waals surface area contributed by atoms with Gasteiger partial charge in [0, 0.05) is 13.2 Å². The maximum Gasteiger partial charge on any atom is 0.0466 e. The molecule has 0 radical (unpaired) electrons. The van der Waals surface area contributed by atoms with Crippen LogP contribution in [0.1, 0.15) is 12.8 Å². The first kappa shape index (κ1) is 10.8. The molecule has 0 atom stereocenters. The first-order chi connectivity index (χ1) is 2.50. The highest BCUT2D eigenvalue weighted by molar-refractivity contribution is 8.93. The Bertz CT molecular complexity index is 21.3. The largest absolute Gasteiger partial charge is 0.381 e. The van der Waals surface area contributed by atoms with E-state index < -0.39 is 0 Å². The van der Waals surface area contributed by atoms with E-state index in [-0.39, 0.29) is 34.0 Å². The average Bonchev–Trinajstić information content (AvgIpc) is 1.76. The SMILES string of the molecule is Br.Br.C1CCOC1. The first-order valence-corrected chi connectivity index (χ1v) is 2.08. The summed E-state index contributed by atoms with van der Waals surface area (Å²) in [5, 5.41) is 0. The van der Waals surface area contributed by atoms with Crippen molar-refractivity contribution in [3.8, 4) is 0 Å². The maximum atomic E-state index is 4.94. The number of hydrogen-bond acceptors (Lipinski definition) is 1. The molecule has 1 aliphatic rings. The molecule has 1 heterocycles. The van der Waals surface area contributed by atoms with Crippen LogP contribution in [0.5, 0.6) is 0 Å². The van der Waals surface area contributed by atoms with E-state index in [0.29, 0.717) is 0 Å². The van der Waals surface area contributed by atoms with Crippen molar-refractivity contribution < 1.29 is 4.74 Å². The Morgan fingerprint density at radius 1 is 0.857 bits per heavy atom. The van der Waals surface area contributed by atoms with Crippen molar-refractivity contribution in [2.75, 3.05) is 13.2 Å². The van der Waals surface area contributed by atoms with Crippen LogP contribution in [0.4, 0.5) is 0 Å². The quantitative estimate of drug-likeness (QED) is 0.622. The normalized spacial score (nSPS) is 17.1. The molecule has 0 bridgehead atoms. The van der Waals surface area contributed by atoms with Crippen LogP contribution in [0.3, 0.4) is 0 Å². The van der Waals surface area contributed by atoms with Gasteiger partial charge in [-0.3, -0.25) is 0 Å². The minimum Gasteiger partial charge on any atom is -0.381 e. The minimum atomic E-state index is 0. The lowest BCUT2D eigenvalue weighted by Gasteiger charge is -1.76. The average molecular weight is 234 g/mol. The molecule has 0 aromatic rings. The predicted molar refractivity (Wildman–Crippen MR) is 40.7 cm³/mol. The van der Waals surface area contributed by atoms with Gasteiger partial charge in [0.05, 0.1) is 0 Å².